The zero-order chi connectivity index (χ0) is 15.4. The Labute approximate surface area is 128 Å². The van der Waals surface area contributed by atoms with Crippen LogP contribution in [0.4, 0.5) is 5.69 Å². The van der Waals surface area contributed by atoms with Crippen molar-refractivity contribution in [2.75, 3.05) is 5.32 Å². The van der Waals surface area contributed by atoms with Gasteiger partial charge in [0.2, 0.25) is 6.54 Å². The normalized spacial score (nSPS) is 10.1. The average molecular weight is 288 g/mol. The lowest BCUT2D eigenvalue weighted by molar-refractivity contribution is -0.682. The third kappa shape index (κ3) is 3.10. The smallest absolute Gasteiger partial charge is 0.290 e. The molecule has 1 heterocycles. The number of carbonyl (C=O) groups excluding carboxylic acids is 1. The van der Waals surface area contributed by atoms with Gasteiger partial charge in [0.05, 0.1) is 11.6 Å². The van der Waals surface area contributed by atoms with Crippen LogP contribution < -0.4 is 9.88 Å². The van der Waals surface area contributed by atoms with Crippen LogP contribution in [0.25, 0.3) is 10.8 Å². The number of carbonyl (C=O) groups is 1. The van der Waals surface area contributed by atoms with E-state index in [9.17, 15) is 4.79 Å². The van der Waals surface area contributed by atoms with E-state index in [1.807, 2.05) is 47.3 Å². The van der Waals surface area contributed by atoms with Gasteiger partial charge in [0, 0.05) is 17.1 Å². The molecule has 0 unspecified atom stereocenters. The molecule has 0 saturated carbocycles. The van der Waals surface area contributed by atoms with Crippen LogP contribution in [0.2, 0.25) is 0 Å². The van der Waals surface area contributed by atoms with Gasteiger partial charge in [0.1, 0.15) is 0 Å². The van der Waals surface area contributed by atoms with Gasteiger partial charge in [-0.1, -0.05) is 24.3 Å². The molecule has 0 bridgehead atoms. The SMILES string of the molecule is N#Cc1cccc(NC(=O)C[n+]2ccc3ccccc3c2)c1. The van der Waals surface area contributed by atoms with E-state index in [1.54, 1.807) is 24.3 Å². The summed E-state index contributed by atoms with van der Waals surface area (Å²) in [5.41, 5.74) is 1.15. The molecule has 2 aromatic carbocycles. The first-order chi connectivity index (χ1) is 10.7. The van der Waals surface area contributed by atoms with Crippen molar-refractivity contribution in [3.63, 3.8) is 0 Å². The number of anilines is 1. The Bertz CT molecular complexity index is 881. The highest BCUT2D eigenvalue weighted by molar-refractivity contribution is 5.90. The molecule has 0 aliphatic rings. The van der Waals surface area contributed by atoms with E-state index >= 15 is 0 Å². The first kappa shape index (κ1) is 13.8. The Kier molecular flexibility index (Phi) is 3.80. The molecule has 0 spiro atoms. The number of amides is 1. The molecule has 0 atom stereocenters. The van der Waals surface area contributed by atoms with Crippen molar-refractivity contribution in [2.24, 2.45) is 0 Å². The van der Waals surface area contributed by atoms with Gasteiger partial charge in [-0.3, -0.25) is 4.79 Å². The summed E-state index contributed by atoms with van der Waals surface area (Å²) in [5, 5.41) is 13.9. The summed E-state index contributed by atoms with van der Waals surface area (Å²) >= 11 is 0. The second-order valence-electron chi connectivity index (χ2n) is 4.99. The topological polar surface area (TPSA) is 56.8 Å². The number of hydrogen-bond acceptors (Lipinski definition) is 2. The van der Waals surface area contributed by atoms with E-state index in [1.165, 1.54) is 0 Å². The molecule has 22 heavy (non-hydrogen) atoms. The third-order valence-corrected chi connectivity index (χ3v) is 3.35. The predicted molar refractivity (Wildman–Crippen MR) is 83.9 cm³/mol. The lowest BCUT2D eigenvalue weighted by Crippen LogP contribution is -2.39. The van der Waals surface area contributed by atoms with E-state index in [0.29, 0.717) is 11.3 Å². The molecule has 1 aromatic heterocycles. The summed E-state index contributed by atoms with van der Waals surface area (Å²) in [6.07, 6.45) is 3.83. The van der Waals surface area contributed by atoms with Crippen molar-refractivity contribution in [3.8, 4) is 6.07 Å². The number of nitriles is 1. The van der Waals surface area contributed by atoms with Crippen LogP contribution in [0.15, 0.2) is 67.0 Å². The van der Waals surface area contributed by atoms with Crippen molar-refractivity contribution in [1.29, 1.82) is 5.26 Å². The highest BCUT2D eigenvalue weighted by atomic mass is 16.1. The molecule has 0 saturated heterocycles. The Hall–Kier alpha value is -3.19. The van der Waals surface area contributed by atoms with Gasteiger partial charge in [-0.25, -0.2) is 0 Å². The van der Waals surface area contributed by atoms with Gasteiger partial charge in [-0.15, -0.1) is 0 Å². The van der Waals surface area contributed by atoms with Crippen molar-refractivity contribution in [3.05, 3.63) is 72.6 Å². The quantitative estimate of drug-likeness (QED) is 0.753. The van der Waals surface area contributed by atoms with Crippen LogP contribution in [0.3, 0.4) is 0 Å². The molecule has 1 amide bonds. The van der Waals surface area contributed by atoms with Crippen LogP contribution in [0.1, 0.15) is 5.56 Å². The molecular weight excluding hydrogens is 274 g/mol. The van der Waals surface area contributed by atoms with E-state index < -0.39 is 0 Å². The zero-order valence-corrected chi connectivity index (χ0v) is 11.9. The molecule has 3 rings (SSSR count). The van der Waals surface area contributed by atoms with Gasteiger partial charge in [-0.05, 0) is 29.7 Å². The maximum atomic E-state index is 12.1. The summed E-state index contributed by atoms with van der Waals surface area (Å²) in [6.45, 7) is 0.224. The highest BCUT2D eigenvalue weighted by Crippen LogP contribution is 2.11. The molecule has 0 aliphatic heterocycles. The minimum absolute atomic E-state index is 0.129. The highest BCUT2D eigenvalue weighted by Gasteiger charge is 2.10. The number of aromatic nitrogens is 1. The number of rotatable bonds is 3. The van der Waals surface area contributed by atoms with Crippen molar-refractivity contribution in [1.82, 2.24) is 0 Å². The molecule has 0 radical (unpaired) electrons. The first-order valence-corrected chi connectivity index (χ1v) is 6.92. The van der Waals surface area contributed by atoms with E-state index in [0.717, 1.165) is 10.8 Å². The molecule has 4 heteroatoms. The number of nitrogens with zero attached hydrogens (tertiary/aromatic N) is 2. The van der Waals surface area contributed by atoms with Crippen LogP contribution in [-0.2, 0) is 11.3 Å². The van der Waals surface area contributed by atoms with E-state index in [-0.39, 0.29) is 12.5 Å². The maximum Gasteiger partial charge on any atom is 0.290 e. The number of nitrogens with one attached hydrogen (secondary N) is 1. The molecule has 0 fully saturated rings. The Morgan fingerprint density at radius 2 is 1.91 bits per heavy atom. The van der Waals surface area contributed by atoms with Crippen LogP contribution in [-0.4, -0.2) is 5.91 Å². The van der Waals surface area contributed by atoms with Crippen LogP contribution >= 0.6 is 0 Å². The maximum absolute atomic E-state index is 12.1. The van der Waals surface area contributed by atoms with Gasteiger partial charge in [0.15, 0.2) is 12.4 Å². The monoisotopic (exact) mass is 288 g/mol. The average Bonchev–Trinajstić information content (AvgIpc) is 2.55. The van der Waals surface area contributed by atoms with Crippen molar-refractivity contribution < 1.29 is 9.36 Å². The molecule has 0 aliphatic carbocycles. The van der Waals surface area contributed by atoms with E-state index in [4.69, 9.17) is 5.26 Å². The summed E-state index contributed by atoms with van der Waals surface area (Å²) in [6, 6.07) is 18.9. The van der Waals surface area contributed by atoms with Crippen molar-refractivity contribution in [2.45, 2.75) is 6.54 Å². The number of fused-ring (bicyclic) bond motifs is 1. The fraction of sp³-hybridized carbons (Fsp3) is 0.0556. The third-order valence-electron chi connectivity index (χ3n) is 3.35. The van der Waals surface area contributed by atoms with Crippen molar-refractivity contribution >= 4 is 22.4 Å². The molecule has 3 aromatic rings. The summed E-state index contributed by atoms with van der Waals surface area (Å²) in [4.78, 5) is 12.1. The predicted octanol–water partition coefficient (Wildman–Crippen LogP) is 2.64. The number of hydrogen-bond donors (Lipinski definition) is 1. The van der Waals surface area contributed by atoms with E-state index in [2.05, 4.69) is 11.4 Å². The summed E-state index contributed by atoms with van der Waals surface area (Å²) in [5.74, 6) is -0.129. The molecule has 4 nitrogen and oxygen atoms in total. The second-order valence-corrected chi connectivity index (χ2v) is 4.99. The first-order valence-electron chi connectivity index (χ1n) is 6.92. The molecule has 1 N–H and O–H groups in total. The largest absolute Gasteiger partial charge is 0.321 e. The Morgan fingerprint density at radius 3 is 2.73 bits per heavy atom. The van der Waals surface area contributed by atoms with Gasteiger partial charge < -0.3 is 5.32 Å². The number of benzene rings is 2. The minimum atomic E-state index is -0.129. The Balaban J connectivity index is 1.74. The fourth-order valence-corrected chi connectivity index (χ4v) is 2.31. The summed E-state index contributed by atoms with van der Waals surface area (Å²) < 4.78 is 1.84. The fourth-order valence-electron chi connectivity index (χ4n) is 2.31. The lowest BCUT2D eigenvalue weighted by Gasteiger charge is -2.03. The molecule has 106 valence electrons. The molecular formula is C18H14N3O+. The zero-order valence-electron chi connectivity index (χ0n) is 11.9. The van der Waals surface area contributed by atoms with Crippen LogP contribution in [0, 0.1) is 11.3 Å². The summed E-state index contributed by atoms with van der Waals surface area (Å²) in [7, 11) is 0. The van der Waals surface area contributed by atoms with Gasteiger partial charge >= 0.3 is 0 Å². The van der Waals surface area contributed by atoms with Gasteiger partial charge in [-0.2, -0.15) is 9.83 Å². The standard InChI is InChI=1S/C18H13N3O/c19-11-14-4-3-7-17(10-14)20-18(22)13-21-9-8-15-5-1-2-6-16(15)12-21/h1-10,12H,13H2/p+1. The number of pyridine rings is 1. The lowest BCUT2D eigenvalue weighted by atomic mass is 10.2. The van der Waals surface area contributed by atoms with Gasteiger partial charge in [0.25, 0.3) is 5.91 Å². The van der Waals surface area contributed by atoms with Crippen LogP contribution in [0.5, 0.6) is 0 Å². The minimum Gasteiger partial charge on any atom is -0.321 e. The Morgan fingerprint density at radius 1 is 1.09 bits per heavy atom. The second kappa shape index (κ2) is 6.06.